The fraction of sp³-hybridized carbons (Fsp3) is 0.571. The van der Waals surface area contributed by atoms with Crippen LogP contribution in [0.3, 0.4) is 0 Å². The summed E-state index contributed by atoms with van der Waals surface area (Å²) in [6.07, 6.45) is 1.00. The SMILES string of the molecule is C[C@@H]1CN(CCCOc2ccc(F)cc2)CCN1. The second kappa shape index (κ2) is 6.71. The molecule has 0 aliphatic carbocycles. The van der Waals surface area contributed by atoms with Crippen molar-refractivity contribution in [2.45, 2.75) is 19.4 Å². The maximum absolute atomic E-state index is 12.7. The maximum atomic E-state index is 12.7. The van der Waals surface area contributed by atoms with Crippen LogP contribution in [-0.2, 0) is 0 Å². The summed E-state index contributed by atoms with van der Waals surface area (Å²) in [4.78, 5) is 2.45. The highest BCUT2D eigenvalue weighted by atomic mass is 19.1. The van der Waals surface area contributed by atoms with Gasteiger partial charge in [-0.2, -0.15) is 0 Å². The number of nitrogens with one attached hydrogen (secondary N) is 1. The molecule has 1 aromatic carbocycles. The Hall–Kier alpha value is -1.13. The number of ether oxygens (including phenoxy) is 1. The minimum absolute atomic E-state index is 0.225. The fourth-order valence-corrected chi connectivity index (χ4v) is 2.22. The molecule has 3 nitrogen and oxygen atoms in total. The number of piperazine rings is 1. The van der Waals surface area contributed by atoms with E-state index in [0.717, 1.165) is 38.3 Å². The van der Waals surface area contributed by atoms with Crippen LogP contribution in [0.2, 0.25) is 0 Å². The second-order valence-electron chi connectivity index (χ2n) is 4.81. The summed E-state index contributed by atoms with van der Waals surface area (Å²) in [5.41, 5.74) is 0. The van der Waals surface area contributed by atoms with E-state index in [2.05, 4.69) is 17.1 Å². The molecule has 2 rings (SSSR count). The molecule has 1 aliphatic rings. The van der Waals surface area contributed by atoms with Gasteiger partial charge in [-0.25, -0.2) is 4.39 Å². The van der Waals surface area contributed by atoms with Crippen LogP contribution in [-0.4, -0.2) is 43.7 Å². The Bertz CT molecular complexity index is 355. The minimum Gasteiger partial charge on any atom is -0.494 e. The summed E-state index contributed by atoms with van der Waals surface area (Å²) in [7, 11) is 0. The van der Waals surface area contributed by atoms with E-state index in [1.807, 2.05) is 0 Å². The van der Waals surface area contributed by atoms with E-state index in [0.29, 0.717) is 12.6 Å². The van der Waals surface area contributed by atoms with E-state index < -0.39 is 0 Å². The molecule has 1 aromatic rings. The molecule has 0 spiro atoms. The van der Waals surface area contributed by atoms with Crippen molar-refractivity contribution in [2.24, 2.45) is 0 Å². The number of halogens is 1. The van der Waals surface area contributed by atoms with Gasteiger partial charge in [0.25, 0.3) is 0 Å². The van der Waals surface area contributed by atoms with Gasteiger partial charge in [-0.1, -0.05) is 0 Å². The average molecular weight is 252 g/mol. The molecule has 0 aromatic heterocycles. The van der Waals surface area contributed by atoms with Gasteiger partial charge in [0, 0.05) is 32.2 Å². The van der Waals surface area contributed by atoms with Crippen LogP contribution in [0.1, 0.15) is 13.3 Å². The molecule has 4 heteroatoms. The molecule has 1 heterocycles. The summed E-state index contributed by atoms with van der Waals surface area (Å²) in [6, 6.07) is 6.77. The van der Waals surface area contributed by atoms with Gasteiger partial charge in [0.1, 0.15) is 11.6 Å². The van der Waals surface area contributed by atoms with Crippen molar-refractivity contribution in [3.05, 3.63) is 30.1 Å². The van der Waals surface area contributed by atoms with Gasteiger partial charge in [-0.05, 0) is 37.6 Å². The molecular weight excluding hydrogens is 231 g/mol. The summed E-state index contributed by atoms with van der Waals surface area (Å²) in [5, 5.41) is 3.43. The smallest absolute Gasteiger partial charge is 0.123 e. The first kappa shape index (κ1) is 13.3. The zero-order valence-electron chi connectivity index (χ0n) is 10.9. The van der Waals surface area contributed by atoms with Crippen LogP contribution in [0.4, 0.5) is 4.39 Å². The third-order valence-corrected chi connectivity index (χ3v) is 3.15. The molecule has 1 N–H and O–H groups in total. The van der Waals surface area contributed by atoms with Crippen LogP contribution < -0.4 is 10.1 Å². The molecule has 18 heavy (non-hydrogen) atoms. The summed E-state index contributed by atoms with van der Waals surface area (Å²) < 4.78 is 18.3. The Morgan fingerprint density at radius 3 is 2.89 bits per heavy atom. The first-order valence-corrected chi connectivity index (χ1v) is 6.58. The average Bonchev–Trinajstić information content (AvgIpc) is 2.37. The standard InChI is InChI=1S/C14H21FN2O/c1-12-11-17(9-7-16-12)8-2-10-18-14-5-3-13(15)4-6-14/h3-6,12,16H,2,7-11H2,1H3/t12-/m1/s1. The quantitative estimate of drug-likeness (QED) is 0.810. The van der Waals surface area contributed by atoms with Gasteiger partial charge in [0.05, 0.1) is 6.61 Å². The lowest BCUT2D eigenvalue weighted by molar-refractivity contribution is 0.189. The molecule has 0 radical (unpaired) electrons. The van der Waals surface area contributed by atoms with E-state index >= 15 is 0 Å². The second-order valence-corrected chi connectivity index (χ2v) is 4.81. The molecular formula is C14H21FN2O. The van der Waals surface area contributed by atoms with Crippen molar-refractivity contribution in [1.82, 2.24) is 10.2 Å². The molecule has 0 amide bonds. The highest BCUT2D eigenvalue weighted by Crippen LogP contribution is 2.11. The zero-order valence-corrected chi connectivity index (χ0v) is 10.9. The summed E-state index contributed by atoms with van der Waals surface area (Å²) in [6.45, 7) is 7.25. The van der Waals surface area contributed by atoms with Crippen LogP contribution in [0.5, 0.6) is 5.75 Å². The van der Waals surface area contributed by atoms with Crippen molar-refractivity contribution in [3.8, 4) is 5.75 Å². The Kier molecular flexibility index (Phi) is 4.96. The maximum Gasteiger partial charge on any atom is 0.123 e. The molecule has 100 valence electrons. The third-order valence-electron chi connectivity index (χ3n) is 3.15. The van der Waals surface area contributed by atoms with Crippen LogP contribution in [0.15, 0.2) is 24.3 Å². The number of hydrogen-bond donors (Lipinski definition) is 1. The number of nitrogens with zero attached hydrogens (tertiary/aromatic N) is 1. The molecule has 0 unspecified atom stereocenters. The van der Waals surface area contributed by atoms with Gasteiger partial charge >= 0.3 is 0 Å². The monoisotopic (exact) mass is 252 g/mol. The normalized spacial score (nSPS) is 20.9. The van der Waals surface area contributed by atoms with Crippen LogP contribution >= 0.6 is 0 Å². The molecule has 0 saturated carbocycles. The van der Waals surface area contributed by atoms with E-state index in [1.165, 1.54) is 12.1 Å². The van der Waals surface area contributed by atoms with Crippen molar-refractivity contribution in [3.63, 3.8) is 0 Å². The Balaban J connectivity index is 1.62. The van der Waals surface area contributed by atoms with Crippen molar-refractivity contribution < 1.29 is 9.13 Å². The number of hydrogen-bond acceptors (Lipinski definition) is 3. The van der Waals surface area contributed by atoms with Crippen molar-refractivity contribution in [2.75, 3.05) is 32.8 Å². The summed E-state index contributed by atoms with van der Waals surface area (Å²) in [5.74, 6) is 0.516. The first-order valence-electron chi connectivity index (χ1n) is 6.58. The number of benzene rings is 1. The molecule has 1 saturated heterocycles. The van der Waals surface area contributed by atoms with Crippen LogP contribution in [0, 0.1) is 5.82 Å². The molecule has 1 aliphatic heterocycles. The van der Waals surface area contributed by atoms with Crippen molar-refractivity contribution in [1.29, 1.82) is 0 Å². The predicted octanol–water partition coefficient (Wildman–Crippen LogP) is 1.89. The first-order chi connectivity index (χ1) is 8.74. The Morgan fingerprint density at radius 2 is 2.17 bits per heavy atom. The van der Waals surface area contributed by atoms with Gasteiger partial charge < -0.3 is 15.0 Å². The van der Waals surface area contributed by atoms with Crippen LogP contribution in [0.25, 0.3) is 0 Å². The van der Waals surface area contributed by atoms with E-state index in [-0.39, 0.29) is 5.82 Å². The summed E-state index contributed by atoms with van der Waals surface area (Å²) >= 11 is 0. The van der Waals surface area contributed by atoms with Gasteiger partial charge in [-0.15, -0.1) is 0 Å². The highest BCUT2D eigenvalue weighted by Gasteiger charge is 2.14. The largest absolute Gasteiger partial charge is 0.494 e. The topological polar surface area (TPSA) is 24.5 Å². The zero-order chi connectivity index (χ0) is 12.8. The van der Waals surface area contributed by atoms with Gasteiger partial charge in [0.2, 0.25) is 0 Å². The van der Waals surface area contributed by atoms with Gasteiger partial charge in [-0.3, -0.25) is 0 Å². The lowest BCUT2D eigenvalue weighted by atomic mass is 10.2. The van der Waals surface area contributed by atoms with E-state index in [1.54, 1.807) is 12.1 Å². The lowest BCUT2D eigenvalue weighted by Gasteiger charge is -2.31. The van der Waals surface area contributed by atoms with E-state index in [4.69, 9.17) is 4.74 Å². The minimum atomic E-state index is -0.225. The third kappa shape index (κ3) is 4.27. The highest BCUT2D eigenvalue weighted by molar-refractivity contribution is 5.21. The fourth-order valence-electron chi connectivity index (χ4n) is 2.22. The lowest BCUT2D eigenvalue weighted by Crippen LogP contribution is -2.49. The Labute approximate surface area is 108 Å². The number of rotatable bonds is 5. The van der Waals surface area contributed by atoms with Gasteiger partial charge in [0.15, 0.2) is 0 Å². The van der Waals surface area contributed by atoms with Crippen molar-refractivity contribution >= 4 is 0 Å². The molecule has 0 bridgehead atoms. The predicted molar refractivity (Wildman–Crippen MR) is 70.4 cm³/mol. The molecule has 1 fully saturated rings. The van der Waals surface area contributed by atoms with E-state index in [9.17, 15) is 4.39 Å². The Morgan fingerprint density at radius 1 is 1.39 bits per heavy atom. The molecule has 1 atom stereocenters.